The van der Waals surface area contributed by atoms with Crippen LogP contribution in [0.4, 0.5) is 9.52 Å². The summed E-state index contributed by atoms with van der Waals surface area (Å²) in [6, 6.07) is 9.32. The van der Waals surface area contributed by atoms with E-state index in [4.69, 9.17) is 11.0 Å². The molecule has 0 aliphatic heterocycles. The molecule has 3 rings (SSSR count). The van der Waals surface area contributed by atoms with E-state index in [9.17, 15) is 14.0 Å². The molecule has 0 aliphatic rings. The van der Waals surface area contributed by atoms with Crippen LogP contribution in [0.5, 0.6) is 0 Å². The van der Waals surface area contributed by atoms with Crippen molar-refractivity contribution in [2.45, 2.75) is 12.8 Å². The summed E-state index contributed by atoms with van der Waals surface area (Å²) in [5, 5.41) is 19.6. The summed E-state index contributed by atoms with van der Waals surface area (Å²) in [6.07, 6.45) is 1.35. The lowest BCUT2D eigenvalue weighted by Crippen LogP contribution is -2.19. The van der Waals surface area contributed by atoms with Gasteiger partial charge in [0.1, 0.15) is 16.8 Å². The van der Waals surface area contributed by atoms with Gasteiger partial charge >= 0.3 is 0 Å². The Balaban J connectivity index is 1.83. The largest absolute Gasteiger partial charge is 0.366 e. The Labute approximate surface area is 174 Å². The number of halogens is 1. The fraction of sp³-hybridized carbons (Fsp3) is 0.100. The predicted octanol–water partition coefficient (Wildman–Crippen LogP) is 2.85. The second-order valence-corrected chi connectivity index (χ2v) is 7.27. The zero-order valence-corrected chi connectivity index (χ0v) is 16.5. The van der Waals surface area contributed by atoms with Crippen LogP contribution in [0, 0.1) is 17.1 Å². The van der Waals surface area contributed by atoms with Crippen LogP contribution in [0.15, 0.2) is 43.1 Å². The Morgan fingerprint density at radius 1 is 1.30 bits per heavy atom. The minimum absolute atomic E-state index is 0.0286. The van der Waals surface area contributed by atoms with Crippen molar-refractivity contribution in [2.75, 3.05) is 5.32 Å². The zero-order chi connectivity index (χ0) is 21.8. The van der Waals surface area contributed by atoms with Crippen molar-refractivity contribution in [2.24, 2.45) is 5.73 Å². The number of anilines is 1. The van der Waals surface area contributed by atoms with Gasteiger partial charge in [-0.05, 0) is 37.3 Å². The lowest BCUT2D eigenvalue weighted by atomic mass is 9.96. The monoisotopic (exact) mass is 422 g/mol. The molecule has 2 heterocycles. The molecule has 1 aromatic carbocycles. The molecule has 0 saturated carbocycles. The second-order valence-electron chi connectivity index (χ2n) is 6.24. The molecule has 0 fully saturated rings. The number of nitrogens with two attached hydrogens (primary N) is 1. The number of hydrogen-bond acceptors (Lipinski definition) is 7. The third-order valence-corrected chi connectivity index (χ3v) is 5.09. The fourth-order valence-corrected chi connectivity index (χ4v) is 3.16. The summed E-state index contributed by atoms with van der Waals surface area (Å²) in [5.41, 5.74) is 6.56. The molecule has 10 heteroatoms. The van der Waals surface area contributed by atoms with Crippen LogP contribution < -0.4 is 11.1 Å². The van der Waals surface area contributed by atoms with Gasteiger partial charge < -0.3 is 11.1 Å². The van der Waals surface area contributed by atoms with Crippen molar-refractivity contribution in [1.82, 2.24) is 15.2 Å². The average Bonchev–Trinajstić information content (AvgIpc) is 3.20. The molecule has 8 nitrogen and oxygen atoms in total. The molecule has 30 heavy (non-hydrogen) atoms. The molecule has 0 radical (unpaired) electrons. The third kappa shape index (κ3) is 4.37. The summed E-state index contributed by atoms with van der Waals surface area (Å²) in [5.74, 6) is -2.56. The number of nitrogens with zero attached hydrogens (tertiary/aromatic N) is 4. The van der Waals surface area contributed by atoms with E-state index >= 15 is 0 Å². The van der Waals surface area contributed by atoms with E-state index in [2.05, 4.69) is 27.1 Å². The molecule has 1 atom stereocenters. The molecule has 1 unspecified atom stereocenters. The van der Waals surface area contributed by atoms with Crippen molar-refractivity contribution in [1.29, 1.82) is 5.26 Å². The lowest BCUT2D eigenvalue weighted by molar-refractivity contribution is -0.117. The van der Waals surface area contributed by atoms with Crippen LogP contribution in [0.1, 0.15) is 29.0 Å². The number of thiazole rings is 1. The Bertz CT molecular complexity index is 1180. The highest BCUT2D eigenvalue weighted by Crippen LogP contribution is 2.27. The number of primary amides is 1. The number of hydrogen-bond donors (Lipinski definition) is 2. The normalized spacial score (nSPS) is 11.4. The van der Waals surface area contributed by atoms with E-state index in [1.165, 1.54) is 30.5 Å². The first-order valence-electron chi connectivity index (χ1n) is 8.59. The topological polar surface area (TPSA) is 135 Å². The van der Waals surface area contributed by atoms with Crippen LogP contribution in [0.2, 0.25) is 0 Å². The van der Waals surface area contributed by atoms with E-state index in [1.54, 1.807) is 13.0 Å². The van der Waals surface area contributed by atoms with Crippen LogP contribution in [-0.2, 0) is 9.59 Å². The first kappa shape index (κ1) is 20.8. The molecule has 2 amide bonds. The van der Waals surface area contributed by atoms with Gasteiger partial charge in [0.15, 0.2) is 5.13 Å². The highest BCUT2D eigenvalue weighted by molar-refractivity contribution is 7.16. The van der Waals surface area contributed by atoms with Crippen LogP contribution in [0.25, 0.3) is 16.8 Å². The van der Waals surface area contributed by atoms with Crippen LogP contribution >= 0.6 is 11.3 Å². The molecule has 0 saturated heterocycles. The Hall–Kier alpha value is -3.97. The number of nitriles is 1. The number of benzene rings is 1. The maximum atomic E-state index is 14.4. The Kier molecular flexibility index (Phi) is 5.94. The number of amides is 2. The van der Waals surface area contributed by atoms with Gasteiger partial charge in [0.2, 0.25) is 11.8 Å². The van der Waals surface area contributed by atoms with Gasteiger partial charge in [0.25, 0.3) is 0 Å². The number of nitrogens with one attached hydrogen (secondary N) is 1. The van der Waals surface area contributed by atoms with Gasteiger partial charge in [-0.15, -0.1) is 10.2 Å². The molecule has 0 spiro atoms. The fourth-order valence-electron chi connectivity index (χ4n) is 2.55. The highest BCUT2D eigenvalue weighted by Gasteiger charge is 2.21. The number of carbonyl (C=O) groups excluding carboxylic acids is 2. The smallest absolute Gasteiger partial charge is 0.250 e. The van der Waals surface area contributed by atoms with Gasteiger partial charge in [-0.2, -0.15) is 5.26 Å². The second kappa shape index (κ2) is 8.59. The average molecular weight is 422 g/mol. The van der Waals surface area contributed by atoms with Crippen molar-refractivity contribution in [3.8, 4) is 17.3 Å². The summed E-state index contributed by atoms with van der Waals surface area (Å²) in [6.45, 7) is 5.10. The molecular formula is C20H15FN6O2S. The molecule has 150 valence electrons. The summed E-state index contributed by atoms with van der Waals surface area (Å²) in [4.78, 5) is 28.0. The van der Waals surface area contributed by atoms with Crippen LogP contribution in [0.3, 0.4) is 0 Å². The standard InChI is InChI=1S/C20H15FN6O2S/c1-10(19(29)25-20-24-9-13(8-22)30-20)14-7-12(3-4-15(14)21)17-6-5-16(26-27-17)11(2)18(23)28/h3-7,9-10H,2H2,1H3,(H2,23,28)(H,24,25,29). The van der Waals surface area contributed by atoms with Gasteiger partial charge in [-0.25, -0.2) is 9.37 Å². The summed E-state index contributed by atoms with van der Waals surface area (Å²) >= 11 is 1.03. The Morgan fingerprint density at radius 3 is 2.67 bits per heavy atom. The quantitative estimate of drug-likeness (QED) is 0.587. The lowest BCUT2D eigenvalue weighted by Gasteiger charge is -2.13. The van der Waals surface area contributed by atoms with Gasteiger partial charge in [-0.1, -0.05) is 17.9 Å². The van der Waals surface area contributed by atoms with E-state index in [0.29, 0.717) is 16.1 Å². The number of rotatable bonds is 6. The maximum absolute atomic E-state index is 14.4. The first-order chi connectivity index (χ1) is 14.3. The van der Waals surface area contributed by atoms with Crippen molar-refractivity contribution in [3.63, 3.8) is 0 Å². The maximum Gasteiger partial charge on any atom is 0.250 e. The molecule has 2 aromatic heterocycles. The molecule has 3 aromatic rings. The molecular weight excluding hydrogens is 407 g/mol. The molecule has 0 bridgehead atoms. The van der Waals surface area contributed by atoms with Crippen LogP contribution in [-0.4, -0.2) is 27.0 Å². The van der Waals surface area contributed by atoms with Crippen molar-refractivity contribution < 1.29 is 14.0 Å². The highest BCUT2D eigenvalue weighted by atomic mass is 32.1. The SMILES string of the molecule is C=C(C(N)=O)c1ccc(-c2ccc(F)c(C(C)C(=O)Nc3ncc(C#N)s3)c2)nn1. The van der Waals surface area contributed by atoms with E-state index in [0.717, 1.165) is 11.3 Å². The molecule has 3 N–H and O–H groups in total. The first-order valence-corrected chi connectivity index (χ1v) is 9.41. The zero-order valence-electron chi connectivity index (χ0n) is 15.7. The van der Waals surface area contributed by atoms with Gasteiger partial charge in [-0.3, -0.25) is 9.59 Å². The van der Waals surface area contributed by atoms with Crippen molar-refractivity contribution >= 4 is 33.9 Å². The van der Waals surface area contributed by atoms with E-state index in [1.807, 2.05) is 6.07 Å². The number of carbonyl (C=O) groups is 2. The third-order valence-electron chi connectivity index (χ3n) is 4.27. The van der Waals surface area contributed by atoms with Crippen molar-refractivity contribution in [3.05, 3.63) is 65.1 Å². The van der Waals surface area contributed by atoms with E-state index in [-0.39, 0.29) is 22.0 Å². The molecule has 0 aliphatic carbocycles. The minimum Gasteiger partial charge on any atom is -0.366 e. The van der Waals surface area contributed by atoms with Gasteiger partial charge in [0, 0.05) is 11.1 Å². The predicted molar refractivity (Wildman–Crippen MR) is 110 cm³/mol. The Morgan fingerprint density at radius 2 is 2.07 bits per heavy atom. The minimum atomic E-state index is -0.832. The van der Waals surface area contributed by atoms with Gasteiger partial charge in [0.05, 0.1) is 29.1 Å². The number of aromatic nitrogens is 3. The summed E-state index contributed by atoms with van der Waals surface area (Å²) in [7, 11) is 0. The van der Waals surface area contributed by atoms with E-state index < -0.39 is 23.5 Å². The summed E-state index contributed by atoms with van der Waals surface area (Å²) < 4.78 is 14.4.